The van der Waals surface area contributed by atoms with Crippen molar-refractivity contribution in [3.8, 4) is 0 Å². The van der Waals surface area contributed by atoms with Crippen LogP contribution in [0.3, 0.4) is 0 Å². The number of ether oxygens (including phenoxy) is 2. The molecule has 70 valence electrons. The Kier molecular flexibility index (Phi) is 10.7. The van der Waals surface area contributed by atoms with Crippen molar-refractivity contribution in [3.63, 3.8) is 0 Å². The number of carbonyl (C=O) groups excluding carboxylic acids is 2. The van der Waals surface area contributed by atoms with Crippen LogP contribution in [0.25, 0.3) is 0 Å². The zero-order valence-electron chi connectivity index (χ0n) is 7.62. The van der Waals surface area contributed by atoms with E-state index in [4.69, 9.17) is 4.79 Å². The molecule has 0 fully saturated rings. The zero-order valence-corrected chi connectivity index (χ0v) is 7.62. The summed E-state index contributed by atoms with van der Waals surface area (Å²) in [7, 11) is 0. The van der Waals surface area contributed by atoms with Gasteiger partial charge in [-0.05, 0) is 20.8 Å². The molecule has 0 aromatic rings. The molecular weight excluding hydrogens is 160 g/mol. The molecule has 0 atom stereocenters. The van der Waals surface area contributed by atoms with Crippen molar-refractivity contribution in [2.24, 2.45) is 0 Å². The molecule has 0 saturated heterocycles. The van der Waals surface area contributed by atoms with E-state index in [-0.39, 0.29) is 0 Å². The van der Waals surface area contributed by atoms with E-state index in [2.05, 4.69) is 16.1 Å². The van der Waals surface area contributed by atoms with Gasteiger partial charge in [0, 0.05) is 0 Å². The molecule has 0 N–H and O–H groups in total. The van der Waals surface area contributed by atoms with Gasteiger partial charge in [-0.25, -0.2) is 4.79 Å². The van der Waals surface area contributed by atoms with Crippen LogP contribution in [0.1, 0.15) is 20.8 Å². The van der Waals surface area contributed by atoms with E-state index in [1.54, 1.807) is 13.8 Å². The van der Waals surface area contributed by atoms with Gasteiger partial charge in [-0.15, -0.1) is 0 Å². The molecule has 0 bridgehead atoms. The molecule has 0 heterocycles. The van der Waals surface area contributed by atoms with Gasteiger partial charge in [0.05, 0.1) is 6.61 Å². The molecule has 0 aliphatic carbocycles. The standard InChI is InChI=1S/C6H10O3.C2H4O/c1-4-8-6(7)9-5(2)3;1-2-3/h2,4H2,1,3H3;2H,1H3. The zero-order chi connectivity index (χ0) is 9.98. The normalized spacial score (nSPS) is 7.25. The smallest absolute Gasteiger partial charge is 0.434 e. The van der Waals surface area contributed by atoms with Gasteiger partial charge in [-0.1, -0.05) is 6.58 Å². The van der Waals surface area contributed by atoms with E-state index < -0.39 is 6.16 Å². The number of hydrogen-bond donors (Lipinski definition) is 0. The van der Waals surface area contributed by atoms with Crippen molar-refractivity contribution >= 4 is 12.4 Å². The first kappa shape index (κ1) is 13.3. The predicted octanol–water partition coefficient (Wildman–Crippen LogP) is 1.90. The van der Waals surface area contributed by atoms with Crippen LogP contribution in [-0.4, -0.2) is 19.0 Å². The van der Waals surface area contributed by atoms with Gasteiger partial charge >= 0.3 is 6.16 Å². The Bertz CT molecular complexity index is 151. The third-order valence-corrected chi connectivity index (χ3v) is 0.520. The van der Waals surface area contributed by atoms with E-state index in [1.165, 1.54) is 6.92 Å². The summed E-state index contributed by atoms with van der Waals surface area (Å²) in [5.74, 6) is 0.341. The highest BCUT2D eigenvalue weighted by Crippen LogP contribution is 1.93. The molecule has 0 aromatic carbocycles. The van der Waals surface area contributed by atoms with Crippen molar-refractivity contribution in [1.82, 2.24) is 0 Å². The van der Waals surface area contributed by atoms with Crippen LogP contribution in [-0.2, 0) is 14.3 Å². The van der Waals surface area contributed by atoms with Gasteiger partial charge in [0.15, 0.2) is 0 Å². The number of carbonyl (C=O) groups is 2. The van der Waals surface area contributed by atoms with E-state index in [0.717, 1.165) is 6.29 Å². The summed E-state index contributed by atoms with van der Waals surface area (Å²) in [6.45, 7) is 8.41. The summed E-state index contributed by atoms with van der Waals surface area (Å²) < 4.78 is 8.87. The quantitative estimate of drug-likeness (QED) is 0.364. The van der Waals surface area contributed by atoms with Gasteiger partial charge in [0.2, 0.25) is 0 Å². The van der Waals surface area contributed by atoms with Crippen molar-refractivity contribution < 1.29 is 19.1 Å². The SMILES string of the molecule is C=C(C)OC(=O)OCC.CC=O. The number of hydrogen-bond acceptors (Lipinski definition) is 4. The highest BCUT2D eigenvalue weighted by molar-refractivity contribution is 5.61. The first-order valence-electron chi connectivity index (χ1n) is 3.48. The molecule has 12 heavy (non-hydrogen) atoms. The fourth-order valence-electron chi connectivity index (χ4n) is 0.290. The van der Waals surface area contributed by atoms with E-state index in [0.29, 0.717) is 12.4 Å². The lowest BCUT2D eigenvalue weighted by Gasteiger charge is -2.00. The van der Waals surface area contributed by atoms with Gasteiger partial charge in [0.1, 0.15) is 12.0 Å². The maximum absolute atomic E-state index is 10.3. The largest absolute Gasteiger partial charge is 0.513 e. The second-order valence-corrected chi connectivity index (χ2v) is 1.72. The molecule has 0 radical (unpaired) electrons. The summed E-state index contributed by atoms with van der Waals surface area (Å²) in [5.41, 5.74) is 0. The minimum Gasteiger partial charge on any atom is -0.434 e. The van der Waals surface area contributed by atoms with Crippen LogP contribution in [0.2, 0.25) is 0 Å². The Morgan fingerprint density at radius 2 is 2.00 bits per heavy atom. The molecule has 0 spiro atoms. The predicted molar refractivity (Wildman–Crippen MR) is 44.7 cm³/mol. The van der Waals surface area contributed by atoms with Crippen molar-refractivity contribution in [2.75, 3.05) is 6.61 Å². The second kappa shape index (κ2) is 9.68. The maximum atomic E-state index is 10.3. The summed E-state index contributed by atoms with van der Waals surface area (Å²) in [5, 5.41) is 0. The van der Waals surface area contributed by atoms with Crippen LogP contribution in [0.4, 0.5) is 4.79 Å². The van der Waals surface area contributed by atoms with E-state index in [1.807, 2.05) is 0 Å². The van der Waals surface area contributed by atoms with Crippen LogP contribution in [0.15, 0.2) is 12.3 Å². The summed E-state index contributed by atoms with van der Waals surface area (Å²) in [4.78, 5) is 19.2. The summed E-state index contributed by atoms with van der Waals surface area (Å²) in [6.07, 6.45) is 0.0602. The van der Waals surface area contributed by atoms with Crippen LogP contribution < -0.4 is 0 Å². The first-order chi connectivity index (χ1) is 5.58. The Hall–Kier alpha value is -1.32. The molecule has 0 amide bonds. The second-order valence-electron chi connectivity index (χ2n) is 1.72. The fraction of sp³-hybridized carbons (Fsp3) is 0.500. The van der Waals surface area contributed by atoms with Crippen LogP contribution in [0, 0.1) is 0 Å². The highest BCUT2D eigenvalue weighted by Gasteiger charge is 1.99. The Labute approximate surface area is 72.2 Å². The van der Waals surface area contributed by atoms with Crippen molar-refractivity contribution in [1.29, 1.82) is 0 Å². The number of rotatable bonds is 2. The van der Waals surface area contributed by atoms with Gasteiger partial charge in [0.25, 0.3) is 0 Å². The lowest BCUT2D eigenvalue weighted by atomic mass is 10.7. The molecule has 0 aliphatic heterocycles. The molecule has 4 nitrogen and oxygen atoms in total. The average molecular weight is 174 g/mol. The summed E-state index contributed by atoms with van der Waals surface area (Å²) in [6, 6.07) is 0. The molecule has 0 unspecified atom stereocenters. The van der Waals surface area contributed by atoms with Crippen LogP contribution >= 0.6 is 0 Å². The van der Waals surface area contributed by atoms with Gasteiger partial charge in [-0.2, -0.15) is 0 Å². The third-order valence-electron chi connectivity index (χ3n) is 0.520. The molecule has 4 heteroatoms. The maximum Gasteiger partial charge on any atom is 0.513 e. The van der Waals surface area contributed by atoms with Gasteiger partial charge in [-0.3, -0.25) is 0 Å². The monoisotopic (exact) mass is 174 g/mol. The van der Waals surface area contributed by atoms with E-state index in [9.17, 15) is 4.79 Å². The summed E-state index contributed by atoms with van der Waals surface area (Å²) >= 11 is 0. The Morgan fingerprint density at radius 3 is 2.25 bits per heavy atom. The molecule has 0 aliphatic rings. The minimum absolute atomic E-state index is 0.326. The van der Waals surface area contributed by atoms with E-state index >= 15 is 0 Å². The minimum atomic E-state index is -0.690. The number of aldehydes is 1. The Morgan fingerprint density at radius 1 is 1.58 bits per heavy atom. The molecular formula is C8H14O4. The van der Waals surface area contributed by atoms with Crippen molar-refractivity contribution in [3.05, 3.63) is 12.3 Å². The lowest BCUT2D eigenvalue weighted by Crippen LogP contribution is -2.04. The molecule has 0 saturated carbocycles. The van der Waals surface area contributed by atoms with Gasteiger partial charge < -0.3 is 14.3 Å². The van der Waals surface area contributed by atoms with Crippen LogP contribution in [0.5, 0.6) is 0 Å². The lowest BCUT2D eigenvalue weighted by molar-refractivity contribution is -0.106. The third kappa shape index (κ3) is 15.9. The molecule has 0 rings (SSSR count). The average Bonchev–Trinajstić information content (AvgIpc) is 1.87. The Balaban J connectivity index is 0. The molecule has 0 aromatic heterocycles. The number of allylic oxidation sites excluding steroid dienone is 1. The fourth-order valence-corrected chi connectivity index (χ4v) is 0.290. The van der Waals surface area contributed by atoms with Crippen molar-refractivity contribution in [2.45, 2.75) is 20.8 Å². The topological polar surface area (TPSA) is 52.6 Å². The highest BCUT2D eigenvalue weighted by atomic mass is 16.7. The first-order valence-corrected chi connectivity index (χ1v) is 3.48.